The van der Waals surface area contributed by atoms with Gasteiger partial charge in [-0.25, -0.2) is 0 Å². The van der Waals surface area contributed by atoms with Crippen molar-refractivity contribution >= 4 is 0 Å². The van der Waals surface area contributed by atoms with Crippen LogP contribution in [0.1, 0.15) is 29.6 Å². The highest BCUT2D eigenvalue weighted by Gasteiger charge is 2.21. The van der Waals surface area contributed by atoms with Crippen molar-refractivity contribution in [2.75, 3.05) is 0 Å². The zero-order valence-corrected chi connectivity index (χ0v) is 8.97. The number of pyridine rings is 1. The summed E-state index contributed by atoms with van der Waals surface area (Å²) in [5.41, 5.74) is 9.03. The summed E-state index contributed by atoms with van der Waals surface area (Å²) in [4.78, 5) is 8.56. The first-order valence-corrected chi connectivity index (χ1v) is 5.29. The fourth-order valence-corrected chi connectivity index (χ4v) is 2.04. The minimum atomic E-state index is 0.0797. The lowest BCUT2D eigenvalue weighted by Crippen LogP contribution is -2.07. The van der Waals surface area contributed by atoms with Crippen LogP contribution in [0.3, 0.4) is 0 Å². The Kier molecular flexibility index (Phi) is 2.00. The predicted octanol–water partition coefficient (Wildman–Crippen LogP) is 1.39. The second-order valence-electron chi connectivity index (χ2n) is 4.05. The Morgan fingerprint density at radius 1 is 1.50 bits per heavy atom. The van der Waals surface area contributed by atoms with Crippen molar-refractivity contribution in [3.63, 3.8) is 0 Å². The van der Waals surface area contributed by atoms with Crippen molar-refractivity contribution in [2.45, 2.75) is 25.8 Å². The molecule has 3 rings (SSSR count). The van der Waals surface area contributed by atoms with Crippen LogP contribution in [-0.4, -0.2) is 15.1 Å². The molecule has 5 heteroatoms. The Morgan fingerprint density at radius 3 is 3.12 bits per heavy atom. The van der Waals surface area contributed by atoms with Gasteiger partial charge in [0.05, 0.1) is 5.69 Å². The summed E-state index contributed by atoms with van der Waals surface area (Å²) in [6.45, 7) is 1.77. The van der Waals surface area contributed by atoms with E-state index in [0.717, 1.165) is 24.1 Å². The van der Waals surface area contributed by atoms with E-state index in [1.807, 2.05) is 0 Å². The van der Waals surface area contributed by atoms with Crippen molar-refractivity contribution in [3.05, 3.63) is 29.4 Å². The van der Waals surface area contributed by atoms with Crippen LogP contribution in [0, 0.1) is 6.92 Å². The third kappa shape index (κ3) is 1.40. The molecule has 0 fully saturated rings. The number of nitrogens with zero attached hydrogens (tertiary/aromatic N) is 3. The Balaban J connectivity index is 2.05. The summed E-state index contributed by atoms with van der Waals surface area (Å²) >= 11 is 0. The van der Waals surface area contributed by atoms with Crippen LogP contribution in [0.15, 0.2) is 16.8 Å². The van der Waals surface area contributed by atoms with Crippen LogP contribution in [0.5, 0.6) is 0 Å². The fourth-order valence-electron chi connectivity index (χ4n) is 2.04. The van der Waals surface area contributed by atoms with E-state index in [4.69, 9.17) is 10.3 Å². The average Bonchev–Trinajstić information content (AvgIpc) is 2.86. The van der Waals surface area contributed by atoms with Gasteiger partial charge in [-0.3, -0.25) is 4.98 Å². The van der Waals surface area contributed by atoms with Gasteiger partial charge < -0.3 is 10.3 Å². The molecular weight excluding hydrogens is 204 g/mol. The highest BCUT2D eigenvalue weighted by Crippen LogP contribution is 2.29. The van der Waals surface area contributed by atoms with E-state index in [1.54, 1.807) is 13.1 Å². The maximum atomic E-state index is 5.93. The van der Waals surface area contributed by atoms with Gasteiger partial charge >= 0.3 is 0 Å². The lowest BCUT2D eigenvalue weighted by Gasteiger charge is -2.03. The first-order chi connectivity index (χ1) is 7.74. The molecule has 0 saturated carbocycles. The van der Waals surface area contributed by atoms with Crippen LogP contribution in [-0.2, 0) is 6.42 Å². The summed E-state index contributed by atoms with van der Waals surface area (Å²) in [5, 5.41) is 3.87. The topological polar surface area (TPSA) is 77.8 Å². The van der Waals surface area contributed by atoms with E-state index >= 15 is 0 Å². The van der Waals surface area contributed by atoms with Gasteiger partial charge in [0.25, 0.3) is 0 Å². The molecule has 5 nitrogen and oxygen atoms in total. The van der Waals surface area contributed by atoms with E-state index in [-0.39, 0.29) is 6.04 Å². The number of rotatable bonds is 1. The Bertz CT molecular complexity index is 535. The van der Waals surface area contributed by atoms with Crippen molar-refractivity contribution < 1.29 is 4.52 Å². The van der Waals surface area contributed by atoms with Gasteiger partial charge in [0.15, 0.2) is 0 Å². The first kappa shape index (κ1) is 9.47. The molecule has 0 radical (unpaired) electrons. The molecule has 0 bridgehead atoms. The molecule has 82 valence electrons. The maximum absolute atomic E-state index is 5.93. The molecular formula is C11H12N4O. The summed E-state index contributed by atoms with van der Waals surface area (Å²) in [7, 11) is 0. The zero-order valence-electron chi connectivity index (χ0n) is 8.97. The highest BCUT2D eigenvalue weighted by atomic mass is 16.5. The Hall–Kier alpha value is -1.75. The van der Waals surface area contributed by atoms with Gasteiger partial charge in [0, 0.05) is 24.7 Å². The van der Waals surface area contributed by atoms with E-state index in [1.165, 1.54) is 5.56 Å². The molecule has 1 unspecified atom stereocenters. The zero-order chi connectivity index (χ0) is 11.1. The second kappa shape index (κ2) is 3.38. The molecule has 0 aromatic carbocycles. The molecule has 2 aromatic heterocycles. The summed E-state index contributed by atoms with van der Waals surface area (Å²) in [6.07, 6.45) is 3.71. The van der Waals surface area contributed by atoms with E-state index in [2.05, 4.69) is 21.2 Å². The molecule has 1 aliphatic rings. The number of aromatic nitrogens is 3. The molecule has 2 heterocycles. The number of aryl methyl sites for hydroxylation is 2. The van der Waals surface area contributed by atoms with E-state index < -0.39 is 0 Å². The first-order valence-electron chi connectivity index (χ1n) is 5.29. The molecule has 0 spiro atoms. The second-order valence-corrected chi connectivity index (χ2v) is 4.05. The van der Waals surface area contributed by atoms with Gasteiger partial charge in [-0.1, -0.05) is 5.16 Å². The summed E-state index contributed by atoms with van der Waals surface area (Å²) < 4.78 is 4.95. The summed E-state index contributed by atoms with van der Waals surface area (Å²) in [5.74, 6) is 1.15. The predicted molar refractivity (Wildman–Crippen MR) is 57.5 cm³/mol. The van der Waals surface area contributed by atoms with Crippen LogP contribution in [0.4, 0.5) is 0 Å². The minimum Gasteiger partial charge on any atom is -0.339 e. The van der Waals surface area contributed by atoms with Crippen LogP contribution >= 0.6 is 0 Å². The smallest absolute Gasteiger partial charge is 0.223 e. The fraction of sp³-hybridized carbons (Fsp3) is 0.364. The monoisotopic (exact) mass is 216 g/mol. The lowest BCUT2D eigenvalue weighted by atomic mass is 10.1. The third-order valence-electron chi connectivity index (χ3n) is 2.86. The van der Waals surface area contributed by atoms with Crippen molar-refractivity contribution in [2.24, 2.45) is 5.73 Å². The lowest BCUT2D eigenvalue weighted by molar-refractivity contribution is 0.394. The van der Waals surface area contributed by atoms with Gasteiger partial charge in [-0.05, 0) is 24.5 Å². The molecule has 1 aliphatic carbocycles. The maximum Gasteiger partial charge on any atom is 0.223 e. The molecule has 2 N–H and O–H groups in total. The summed E-state index contributed by atoms with van der Waals surface area (Å²) in [6, 6.07) is 2.13. The third-order valence-corrected chi connectivity index (χ3v) is 2.86. The molecule has 1 atom stereocenters. The number of fused-ring (bicyclic) bond motifs is 1. The van der Waals surface area contributed by atoms with Crippen LogP contribution in [0.25, 0.3) is 11.4 Å². The van der Waals surface area contributed by atoms with Crippen LogP contribution in [0.2, 0.25) is 0 Å². The van der Waals surface area contributed by atoms with Gasteiger partial charge in [0.1, 0.15) is 0 Å². The Morgan fingerprint density at radius 2 is 2.38 bits per heavy atom. The van der Waals surface area contributed by atoms with E-state index in [0.29, 0.717) is 11.7 Å². The Labute approximate surface area is 92.7 Å². The SMILES string of the molecule is Cc1nc(-c2cnc3c(c2)CCC3N)no1. The highest BCUT2D eigenvalue weighted by molar-refractivity contribution is 5.55. The van der Waals surface area contributed by atoms with Crippen molar-refractivity contribution in [3.8, 4) is 11.4 Å². The van der Waals surface area contributed by atoms with Gasteiger partial charge in [-0.2, -0.15) is 4.98 Å². The molecule has 0 amide bonds. The van der Waals surface area contributed by atoms with Gasteiger partial charge in [0.2, 0.25) is 11.7 Å². The van der Waals surface area contributed by atoms with Crippen molar-refractivity contribution in [1.82, 2.24) is 15.1 Å². The van der Waals surface area contributed by atoms with Crippen LogP contribution < -0.4 is 5.73 Å². The number of hydrogen-bond acceptors (Lipinski definition) is 5. The number of hydrogen-bond donors (Lipinski definition) is 1. The standard InChI is InChI=1S/C11H12N4O/c1-6-14-11(15-16-6)8-4-7-2-3-9(12)10(7)13-5-8/h4-5,9H,2-3,12H2,1H3. The number of nitrogens with two attached hydrogens (primary N) is 1. The minimum absolute atomic E-state index is 0.0797. The molecule has 0 aliphatic heterocycles. The quantitative estimate of drug-likeness (QED) is 0.779. The molecule has 0 saturated heterocycles. The average molecular weight is 216 g/mol. The molecule has 2 aromatic rings. The normalized spacial score (nSPS) is 18.8. The van der Waals surface area contributed by atoms with Crippen molar-refractivity contribution in [1.29, 1.82) is 0 Å². The van der Waals surface area contributed by atoms with Gasteiger partial charge in [-0.15, -0.1) is 0 Å². The molecule has 16 heavy (non-hydrogen) atoms. The largest absolute Gasteiger partial charge is 0.339 e. The van der Waals surface area contributed by atoms with E-state index in [9.17, 15) is 0 Å².